The smallest absolute Gasteiger partial charge is 0.270 e. The number of aromatic nitrogens is 1. The van der Waals surface area contributed by atoms with E-state index in [9.17, 15) is 9.59 Å². The lowest BCUT2D eigenvalue weighted by Gasteiger charge is -2.28. The first kappa shape index (κ1) is 18.3. The van der Waals surface area contributed by atoms with E-state index in [0.29, 0.717) is 11.4 Å². The molecular weight excluding hydrogens is 438 g/mol. The SMILES string of the molecule is O=C1NC(=S)N(c2ccccc2)C(=O)C1=Cc1cccn1-c1ccc(Br)cc1. The number of benzene rings is 2. The summed E-state index contributed by atoms with van der Waals surface area (Å²) in [5, 5.41) is 2.67. The van der Waals surface area contributed by atoms with Gasteiger partial charge in [0.1, 0.15) is 5.57 Å². The van der Waals surface area contributed by atoms with Crippen molar-refractivity contribution in [2.75, 3.05) is 4.90 Å². The average molecular weight is 452 g/mol. The van der Waals surface area contributed by atoms with Gasteiger partial charge in [0.2, 0.25) is 0 Å². The number of amides is 2. The number of nitrogens with zero attached hydrogens (tertiary/aromatic N) is 2. The Morgan fingerprint density at radius 1 is 0.893 bits per heavy atom. The first-order chi connectivity index (χ1) is 13.5. The van der Waals surface area contributed by atoms with Crippen LogP contribution in [0.25, 0.3) is 11.8 Å². The molecule has 2 aromatic carbocycles. The lowest BCUT2D eigenvalue weighted by molar-refractivity contribution is -0.122. The van der Waals surface area contributed by atoms with Crippen LogP contribution >= 0.6 is 28.1 Å². The van der Waals surface area contributed by atoms with Crippen LogP contribution in [0.4, 0.5) is 5.69 Å². The molecule has 4 rings (SSSR count). The zero-order chi connectivity index (χ0) is 19.7. The molecule has 1 aliphatic rings. The van der Waals surface area contributed by atoms with Crippen molar-refractivity contribution in [3.8, 4) is 5.69 Å². The molecule has 0 spiro atoms. The normalized spacial score (nSPS) is 15.8. The quantitative estimate of drug-likeness (QED) is 0.371. The van der Waals surface area contributed by atoms with Crippen LogP contribution in [-0.2, 0) is 9.59 Å². The second kappa shape index (κ2) is 7.53. The zero-order valence-corrected chi connectivity index (χ0v) is 16.9. The van der Waals surface area contributed by atoms with Gasteiger partial charge in [-0.05, 0) is 66.8 Å². The van der Waals surface area contributed by atoms with Crippen molar-refractivity contribution >= 4 is 56.8 Å². The predicted molar refractivity (Wildman–Crippen MR) is 116 cm³/mol. The summed E-state index contributed by atoms with van der Waals surface area (Å²) in [5.41, 5.74) is 2.25. The third-order valence-corrected chi connectivity index (χ3v) is 5.11. The molecule has 1 aliphatic heterocycles. The average Bonchev–Trinajstić information content (AvgIpc) is 3.15. The van der Waals surface area contributed by atoms with Crippen molar-refractivity contribution < 1.29 is 9.59 Å². The van der Waals surface area contributed by atoms with Crippen LogP contribution in [0, 0.1) is 0 Å². The molecule has 3 aromatic rings. The molecule has 0 atom stereocenters. The molecule has 138 valence electrons. The minimum atomic E-state index is -0.509. The number of anilines is 1. The van der Waals surface area contributed by atoms with E-state index in [2.05, 4.69) is 21.2 Å². The molecule has 1 N–H and O–H groups in total. The van der Waals surface area contributed by atoms with E-state index in [1.54, 1.807) is 18.2 Å². The highest BCUT2D eigenvalue weighted by Crippen LogP contribution is 2.23. The number of halogens is 1. The third kappa shape index (κ3) is 3.42. The van der Waals surface area contributed by atoms with Crippen LogP contribution in [0.3, 0.4) is 0 Å². The fraction of sp³-hybridized carbons (Fsp3) is 0. The summed E-state index contributed by atoms with van der Waals surface area (Å²) in [4.78, 5) is 26.9. The molecule has 2 heterocycles. The van der Waals surface area contributed by atoms with Crippen molar-refractivity contribution in [3.05, 3.63) is 88.7 Å². The number of thiocarbonyl (C=S) groups is 1. The van der Waals surface area contributed by atoms with Crippen LogP contribution in [0.2, 0.25) is 0 Å². The molecule has 1 saturated heterocycles. The monoisotopic (exact) mass is 451 g/mol. The topological polar surface area (TPSA) is 54.3 Å². The molecule has 0 radical (unpaired) electrons. The molecule has 1 aromatic heterocycles. The Bertz CT molecular complexity index is 1100. The second-order valence-corrected chi connectivity index (χ2v) is 7.38. The molecule has 0 saturated carbocycles. The Morgan fingerprint density at radius 3 is 2.32 bits per heavy atom. The van der Waals surface area contributed by atoms with Gasteiger partial charge in [-0.2, -0.15) is 0 Å². The Morgan fingerprint density at radius 2 is 1.61 bits per heavy atom. The van der Waals surface area contributed by atoms with Gasteiger partial charge in [0, 0.05) is 22.1 Å². The van der Waals surface area contributed by atoms with Crippen LogP contribution < -0.4 is 10.2 Å². The van der Waals surface area contributed by atoms with Gasteiger partial charge in [-0.15, -0.1) is 0 Å². The Kier molecular flexibility index (Phi) is 4.93. The second-order valence-electron chi connectivity index (χ2n) is 6.07. The van der Waals surface area contributed by atoms with Crippen molar-refractivity contribution in [2.24, 2.45) is 0 Å². The first-order valence-electron chi connectivity index (χ1n) is 8.44. The van der Waals surface area contributed by atoms with Gasteiger partial charge in [0.05, 0.1) is 5.69 Å². The lowest BCUT2D eigenvalue weighted by Crippen LogP contribution is -2.54. The van der Waals surface area contributed by atoms with Gasteiger partial charge >= 0.3 is 0 Å². The van der Waals surface area contributed by atoms with Gasteiger partial charge in [0.15, 0.2) is 5.11 Å². The number of carbonyl (C=O) groups is 2. The highest BCUT2D eigenvalue weighted by molar-refractivity contribution is 9.10. The van der Waals surface area contributed by atoms with E-state index in [1.165, 1.54) is 4.90 Å². The van der Waals surface area contributed by atoms with Crippen molar-refractivity contribution in [3.63, 3.8) is 0 Å². The first-order valence-corrected chi connectivity index (χ1v) is 9.64. The standard InChI is InChI=1S/C21H14BrN3O2S/c22-14-8-10-15(11-9-14)24-12-4-7-17(24)13-18-19(26)23-21(28)25(20(18)27)16-5-2-1-3-6-16/h1-13H,(H,23,26,28). The Hall–Kier alpha value is -3.03. The van der Waals surface area contributed by atoms with Crippen molar-refractivity contribution in [1.29, 1.82) is 0 Å². The summed E-state index contributed by atoms with van der Waals surface area (Å²) in [7, 11) is 0. The molecule has 5 nitrogen and oxygen atoms in total. The summed E-state index contributed by atoms with van der Waals surface area (Å²) in [6.45, 7) is 0. The van der Waals surface area contributed by atoms with E-state index >= 15 is 0 Å². The number of nitrogens with one attached hydrogen (secondary N) is 1. The maximum Gasteiger partial charge on any atom is 0.270 e. The minimum Gasteiger partial charge on any atom is -0.317 e. The van der Waals surface area contributed by atoms with E-state index in [0.717, 1.165) is 10.2 Å². The summed E-state index contributed by atoms with van der Waals surface area (Å²) < 4.78 is 2.87. The van der Waals surface area contributed by atoms with Crippen LogP contribution in [0.1, 0.15) is 5.69 Å². The van der Waals surface area contributed by atoms with Crippen LogP contribution in [-0.4, -0.2) is 21.5 Å². The number of carbonyl (C=O) groups excluding carboxylic acids is 2. The van der Waals surface area contributed by atoms with Gasteiger partial charge in [-0.25, -0.2) is 0 Å². The number of hydrogen-bond donors (Lipinski definition) is 1. The Labute approximate surface area is 175 Å². The molecule has 28 heavy (non-hydrogen) atoms. The summed E-state index contributed by atoms with van der Waals surface area (Å²) in [6.07, 6.45) is 3.46. The van der Waals surface area contributed by atoms with E-state index in [4.69, 9.17) is 12.2 Å². The highest BCUT2D eigenvalue weighted by Gasteiger charge is 2.34. The summed E-state index contributed by atoms with van der Waals surface area (Å²) in [5.74, 6) is -0.964. The number of hydrogen-bond acceptors (Lipinski definition) is 3. The lowest BCUT2D eigenvalue weighted by atomic mass is 10.1. The molecule has 0 bridgehead atoms. The van der Waals surface area contributed by atoms with Gasteiger partial charge in [-0.1, -0.05) is 34.1 Å². The number of rotatable bonds is 3. The fourth-order valence-electron chi connectivity index (χ4n) is 2.97. The van der Waals surface area contributed by atoms with E-state index in [1.807, 2.05) is 65.4 Å². The van der Waals surface area contributed by atoms with E-state index < -0.39 is 11.8 Å². The Balaban J connectivity index is 1.74. The number of para-hydroxylation sites is 1. The van der Waals surface area contributed by atoms with Gasteiger partial charge in [0.25, 0.3) is 11.8 Å². The zero-order valence-electron chi connectivity index (χ0n) is 14.5. The molecule has 7 heteroatoms. The maximum absolute atomic E-state index is 13.1. The predicted octanol–water partition coefficient (Wildman–Crippen LogP) is 4.07. The third-order valence-electron chi connectivity index (χ3n) is 4.29. The minimum absolute atomic E-state index is 0.0227. The van der Waals surface area contributed by atoms with Gasteiger partial charge in [-0.3, -0.25) is 19.8 Å². The van der Waals surface area contributed by atoms with Crippen LogP contribution in [0.5, 0.6) is 0 Å². The molecule has 0 unspecified atom stereocenters. The molecular formula is C21H14BrN3O2S. The highest BCUT2D eigenvalue weighted by atomic mass is 79.9. The van der Waals surface area contributed by atoms with Gasteiger partial charge < -0.3 is 4.57 Å². The van der Waals surface area contributed by atoms with E-state index in [-0.39, 0.29) is 10.7 Å². The summed E-state index contributed by atoms with van der Waals surface area (Å²) >= 11 is 8.64. The molecule has 2 amide bonds. The van der Waals surface area contributed by atoms with Crippen molar-refractivity contribution in [2.45, 2.75) is 0 Å². The molecule has 0 aliphatic carbocycles. The van der Waals surface area contributed by atoms with Crippen LogP contribution in [0.15, 0.2) is 83.0 Å². The maximum atomic E-state index is 13.1. The molecule has 1 fully saturated rings. The van der Waals surface area contributed by atoms with Crippen molar-refractivity contribution in [1.82, 2.24) is 9.88 Å². The summed E-state index contributed by atoms with van der Waals surface area (Å²) in [6, 6.07) is 20.5. The fourth-order valence-corrected chi connectivity index (χ4v) is 3.51. The largest absolute Gasteiger partial charge is 0.317 e.